The van der Waals surface area contributed by atoms with Crippen LogP contribution in [0.3, 0.4) is 0 Å². The van der Waals surface area contributed by atoms with Crippen molar-refractivity contribution in [3.63, 3.8) is 0 Å². The van der Waals surface area contributed by atoms with Crippen molar-refractivity contribution in [1.82, 2.24) is 0 Å². The van der Waals surface area contributed by atoms with Gasteiger partial charge < -0.3 is 4.90 Å². The van der Waals surface area contributed by atoms with Gasteiger partial charge in [0.05, 0.1) is 5.56 Å². The molecular weight excluding hydrogens is 287 g/mol. The van der Waals surface area contributed by atoms with E-state index in [0.29, 0.717) is 17.2 Å². The number of benzene rings is 1. The molecule has 126 valence electrons. The molecule has 4 heteroatoms. The number of alkyl halides is 3. The van der Waals surface area contributed by atoms with Gasteiger partial charge in [-0.3, -0.25) is 0 Å². The fourth-order valence-electron chi connectivity index (χ4n) is 2.76. The van der Waals surface area contributed by atoms with Crippen molar-refractivity contribution in [1.29, 1.82) is 0 Å². The minimum atomic E-state index is -4.28. The first-order valence-electron chi connectivity index (χ1n) is 8.25. The van der Waals surface area contributed by atoms with Crippen molar-refractivity contribution < 1.29 is 13.2 Å². The number of hydrogen-bond donors (Lipinski definition) is 0. The van der Waals surface area contributed by atoms with E-state index < -0.39 is 11.7 Å². The molecule has 0 amide bonds. The second-order valence-corrected chi connectivity index (χ2v) is 6.09. The Morgan fingerprint density at radius 3 is 2.09 bits per heavy atom. The highest BCUT2D eigenvalue weighted by atomic mass is 19.4. The summed E-state index contributed by atoms with van der Waals surface area (Å²) in [4.78, 5) is 2.07. The molecule has 2 rings (SSSR count). The monoisotopic (exact) mass is 315 g/mol. The summed E-state index contributed by atoms with van der Waals surface area (Å²) in [7, 11) is 0. The van der Waals surface area contributed by atoms with Crippen LogP contribution in [0.25, 0.3) is 0 Å². The topological polar surface area (TPSA) is 3.24 Å². The summed E-state index contributed by atoms with van der Waals surface area (Å²) in [5.74, 6) is 0.547. The Hall–Kier alpha value is -1.19. The minimum absolute atomic E-state index is 0.123. The van der Waals surface area contributed by atoms with E-state index in [1.165, 1.54) is 6.07 Å². The molecule has 0 aromatic heterocycles. The third-order valence-corrected chi connectivity index (χ3v) is 4.11. The maximum absolute atomic E-state index is 13.2. The minimum Gasteiger partial charge on any atom is -0.372 e. The normalized spacial score (nSPS) is 16.5. The molecule has 1 saturated heterocycles. The zero-order chi connectivity index (χ0) is 16.9. The van der Waals surface area contributed by atoms with E-state index in [1.54, 1.807) is 19.9 Å². The molecule has 0 radical (unpaired) electrons. The molecule has 0 atom stereocenters. The highest BCUT2D eigenvalue weighted by molar-refractivity contribution is 5.52. The first-order valence-corrected chi connectivity index (χ1v) is 8.25. The Labute approximate surface area is 132 Å². The van der Waals surface area contributed by atoms with Crippen molar-refractivity contribution in [2.45, 2.75) is 59.6 Å². The van der Waals surface area contributed by atoms with Crippen LogP contribution in [-0.2, 0) is 6.18 Å². The van der Waals surface area contributed by atoms with E-state index in [-0.39, 0.29) is 5.92 Å². The zero-order valence-corrected chi connectivity index (χ0v) is 14.3. The van der Waals surface area contributed by atoms with Crippen LogP contribution in [0.4, 0.5) is 18.9 Å². The average molecular weight is 315 g/mol. The van der Waals surface area contributed by atoms with E-state index in [1.807, 2.05) is 19.9 Å². The summed E-state index contributed by atoms with van der Waals surface area (Å²) < 4.78 is 39.6. The molecule has 1 fully saturated rings. The number of anilines is 1. The molecule has 22 heavy (non-hydrogen) atoms. The Kier molecular flexibility index (Phi) is 6.76. The molecule has 0 saturated carbocycles. The molecule has 1 aliphatic rings. The molecule has 0 bridgehead atoms. The van der Waals surface area contributed by atoms with Crippen molar-refractivity contribution in [2.75, 3.05) is 18.0 Å². The molecule has 0 N–H and O–H groups in total. The van der Waals surface area contributed by atoms with E-state index in [4.69, 9.17) is 0 Å². The molecule has 1 aromatic carbocycles. The van der Waals surface area contributed by atoms with Crippen molar-refractivity contribution in [2.24, 2.45) is 5.92 Å². The van der Waals surface area contributed by atoms with E-state index in [2.05, 4.69) is 11.8 Å². The standard InChI is InChI=1S/C16H22F3N.C2H6/c1-11(2)14-5-4-13(10-15(14)16(17,18)19)20-8-6-12(3)7-9-20;1-2/h4-5,10-12H,6-9H2,1-3H3;1-2H3. The smallest absolute Gasteiger partial charge is 0.372 e. The van der Waals surface area contributed by atoms with Gasteiger partial charge in [-0.05, 0) is 42.4 Å². The van der Waals surface area contributed by atoms with Crippen molar-refractivity contribution >= 4 is 5.69 Å². The van der Waals surface area contributed by atoms with Gasteiger partial charge in [-0.2, -0.15) is 13.2 Å². The van der Waals surface area contributed by atoms with Crippen LogP contribution in [-0.4, -0.2) is 13.1 Å². The number of piperidine rings is 1. The zero-order valence-electron chi connectivity index (χ0n) is 14.3. The Bertz CT molecular complexity index is 458. The average Bonchev–Trinajstić information content (AvgIpc) is 2.48. The number of nitrogens with zero attached hydrogens (tertiary/aromatic N) is 1. The van der Waals surface area contributed by atoms with Gasteiger partial charge in [-0.15, -0.1) is 0 Å². The summed E-state index contributed by atoms with van der Waals surface area (Å²) in [6.45, 7) is 11.5. The Morgan fingerprint density at radius 2 is 1.64 bits per heavy atom. The van der Waals surface area contributed by atoms with Gasteiger partial charge in [-0.1, -0.05) is 40.7 Å². The van der Waals surface area contributed by atoms with Crippen LogP contribution in [0.15, 0.2) is 18.2 Å². The SMILES string of the molecule is CC.CC1CCN(c2ccc(C(C)C)c(C(F)(F)F)c2)CC1. The van der Waals surface area contributed by atoms with Gasteiger partial charge in [0, 0.05) is 18.8 Å². The van der Waals surface area contributed by atoms with Crippen LogP contribution in [0, 0.1) is 5.92 Å². The van der Waals surface area contributed by atoms with Crippen LogP contribution in [0.5, 0.6) is 0 Å². The van der Waals surface area contributed by atoms with E-state index in [9.17, 15) is 13.2 Å². The third-order valence-electron chi connectivity index (χ3n) is 4.11. The lowest BCUT2D eigenvalue weighted by Crippen LogP contribution is -2.33. The predicted molar refractivity (Wildman–Crippen MR) is 87.5 cm³/mol. The lowest BCUT2D eigenvalue weighted by Gasteiger charge is -2.33. The van der Waals surface area contributed by atoms with Gasteiger partial charge in [0.25, 0.3) is 0 Å². The summed E-state index contributed by atoms with van der Waals surface area (Å²) in [6, 6.07) is 4.80. The van der Waals surface area contributed by atoms with Gasteiger partial charge in [-0.25, -0.2) is 0 Å². The highest BCUT2D eigenvalue weighted by Gasteiger charge is 2.34. The van der Waals surface area contributed by atoms with Gasteiger partial charge >= 0.3 is 6.18 Å². The molecule has 0 aliphatic carbocycles. The molecule has 1 nitrogen and oxygen atoms in total. The largest absolute Gasteiger partial charge is 0.416 e. The summed E-state index contributed by atoms with van der Waals surface area (Å²) in [5.41, 5.74) is 0.601. The quantitative estimate of drug-likeness (QED) is 0.638. The summed E-state index contributed by atoms with van der Waals surface area (Å²) in [5, 5.41) is 0. The lowest BCUT2D eigenvalue weighted by atomic mass is 9.94. The first kappa shape index (κ1) is 18.9. The molecule has 1 heterocycles. The fourth-order valence-corrected chi connectivity index (χ4v) is 2.76. The second kappa shape index (κ2) is 7.89. The Balaban J connectivity index is 0.00000116. The number of halogens is 3. The van der Waals surface area contributed by atoms with Crippen LogP contribution < -0.4 is 4.90 Å². The van der Waals surface area contributed by atoms with Crippen LogP contribution >= 0.6 is 0 Å². The summed E-state index contributed by atoms with van der Waals surface area (Å²) >= 11 is 0. The molecule has 0 spiro atoms. The van der Waals surface area contributed by atoms with Gasteiger partial charge in [0.15, 0.2) is 0 Å². The number of rotatable bonds is 2. The van der Waals surface area contributed by atoms with Crippen LogP contribution in [0.1, 0.15) is 64.5 Å². The lowest BCUT2D eigenvalue weighted by molar-refractivity contribution is -0.138. The van der Waals surface area contributed by atoms with Gasteiger partial charge in [0.2, 0.25) is 0 Å². The van der Waals surface area contributed by atoms with Crippen molar-refractivity contribution in [3.8, 4) is 0 Å². The number of hydrogen-bond acceptors (Lipinski definition) is 1. The second-order valence-electron chi connectivity index (χ2n) is 6.09. The summed E-state index contributed by atoms with van der Waals surface area (Å²) in [6.07, 6.45) is -2.18. The maximum atomic E-state index is 13.2. The van der Waals surface area contributed by atoms with Gasteiger partial charge in [0.1, 0.15) is 0 Å². The van der Waals surface area contributed by atoms with Crippen molar-refractivity contribution in [3.05, 3.63) is 29.3 Å². The fraction of sp³-hybridized carbons (Fsp3) is 0.667. The molecule has 1 aliphatic heterocycles. The Morgan fingerprint density at radius 1 is 1.09 bits per heavy atom. The molecule has 0 unspecified atom stereocenters. The predicted octanol–water partition coefficient (Wildman–Crippen LogP) is 6.09. The third kappa shape index (κ3) is 4.65. The first-order chi connectivity index (χ1) is 10.3. The van der Waals surface area contributed by atoms with E-state index in [0.717, 1.165) is 25.9 Å². The maximum Gasteiger partial charge on any atom is 0.416 e. The molecular formula is C18H28F3N. The molecule has 1 aromatic rings. The highest BCUT2D eigenvalue weighted by Crippen LogP contribution is 2.38. The van der Waals surface area contributed by atoms with Crippen LogP contribution in [0.2, 0.25) is 0 Å². The van der Waals surface area contributed by atoms with E-state index >= 15 is 0 Å².